The van der Waals surface area contributed by atoms with Gasteiger partial charge in [0.25, 0.3) is 0 Å². The summed E-state index contributed by atoms with van der Waals surface area (Å²) in [5, 5.41) is 5.24. The highest BCUT2D eigenvalue weighted by molar-refractivity contribution is 5.98. The highest BCUT2D eigenvalue weighted by Gasteiger charge is 2.11. The van der Waals surface area contributed by atoms with Crippen LogP contribution in [0.15, 0.2) is 79.1 Å². The third-order valence-electron chi connectivity index (χ3n) is 5.57. The predicted molar refractivity (Wildman–Crippen MR) is 125 cm³/mol. The summed E-state index contributed by atoms with van der Waals surface area (Å²) in [4.78, 5) is 16.7. The summed E-state index contributed by atoms with van der Waals surface area (Å²) in [6.07, 6.45) is 4.90. The maximum absolute atomic E-state index is 12.4. The molecule has 1 aromatic heterocycles. The summed E-state index contributed by atoms with van der Waals surface area (Å²) in [5.41, 5.74) is 5.60. The molecule has 0 aliphatic heterocycles. The first kappa shape index (κ1) is 20.6. The zero-order chi connectivity index (χ0) is 21.6. The lowest BCUT2D eigenvalue weighted by atomic mass is 9.95. The van der Waals surface area contributed by atoms with E-state index in [9.17, 15) is 4.79 Å². The topological polar surface area (TPSA) is 51.2 Å². The van der Waals surface area contributed by atoms with E-state index in [1.165, 1.54) is 5.56 Å². The second kappa shape index (κ2) is 9.43. The number of carbonyl (C=O) groups excluding carboxylic acids is 1. The minimum absolute atomic E-state index is 0.0516. The third-order valence-corrected chi connectivity index (χ3v) is 5.57. The highest BCUT2D eigenvalue weighted by Crippen LogP contribution is 2.32. The van der Waals surface area contributed by atoms with Gasteiger partial charge in [-0.25, -0.2) is 0 Å². The van der Waals surface area contributed by atoms with Crippen molar-refractivity contribution in [2.24, 2.45) is 0 Å². The Morgan fingerprint density at radius 3 is 2.61 bits per heavy atom. The molecule has 156 valence electrons. The van der Waals surface area contributed by atoms with Crippen LogP contribution in [-0.2, 0) is 17.8 Å². The van der Waals surface area contributed by atoms with E-state index in [2.05, 4.69) is 34.6 Å². The van der Waals surface area contributed by atoms with Gasteiger partial charge < -0.3 is 10.1 Å². The molecule has 0 fully saturated rings. The zero-order valence-corrected chi connectivity index (χ0v) is 17.9. The number of nitrogens with zero attached hydrogens (tertiary/aromatic N) is 1. The van der Waals surface area contributed by atoms with Gasteiger partial charge in [-0.15, -0.1) is 0 Å². The summed E-state index contributed by atoms with van der Waals surface area (Å²) in [5.74, 6) is 0.931. The summed E-state index contributed by atoms with van der Waals surface area (Å²) in [7, 11) is 1.69. The van der Waals surface area contributed by atoms with E-state index in [0.29, 0.717) is 13.0 Å². The molecule has 4 nitrogen and oxygen atoms in total. The van der Waals surface area contributed by atoms with Crippen molar-refractivity contribution in [3.63, 3.8) is 0 Å². The Labute approximate surface area is 182 Å². The number of aromatic nitrogens is 1. The lowest BCUT2D eigenvalue weighted by Crippen LogP contribution is -2.23. The highest BCUT2D eigenvalue weighted by atomic mass is 16.5. The first-order chi connectivity index (χ1) is 15.2. The molecule has 0 radical (unpaired) electrons. The number of nitrogens with one attached hydrogen (secondary N) is 1. The number of pyridine rings is 1. The summed E-state index contributed by atoms with van der Waals surface area (Å²) < 4.78 is 5.39. The van der Waals surface area contributed by atoms with E-state index in [-0.39, 0.29) is 5.91 Å². The number of carbonyl (C=O) groups is 1. The van der Waals surface area contributed by atoms with Crippen molar-refractivity contribution >= 4 is 16.7 Å². The van der Waals surface area contributed by atoms with Gasteiger partial charge in [0, 0.05) is 30.7 Å². The van der Waals surface area contributed by atoms with Gasteiger partial charge in [-0.1, -0.05) is 48.5 Å². The van der Waals surface area contributed by atoms with E-state index in [1.54, 1.807) is 7.11 Å². The average molecular weight is 411 g/mol. The van der Waals surface area contributed by atoms with Crippen LogP contribution in [0.1, 0.15) is 23.1 Å². The van der Waals surface area contributed by atoms with Gasteiger partial charge in [-0.05, 0) is 64.7 Å². The van der Waals surface area contributed by atoms with E-state index < -0.39 is 0 Å². The van der Waals surface area contributed by atoms with Crippen molar-refractivity contribution in [3.8, 4) is 16.9 Å². The summed E-state index contributed by atoms with van der Waals surface area (Å²) in [6, 6.07) is 22.5. The summed E-state index contributed by atoms with van der Waals surface area (Å²) >= 11 is 0. The standard InChI is InChI=1S/C27H26N2O2/c1-19-16-21(10-12-26(19)31-2)23-11-9-22(25-18-28-15-14-24(23)25)17-29-27(30)13-8-20-6-4-3-5-7-20/h3-7,9-12,14-16,18H,8,13,17H2,1-2H3,(H,29,30). The minimum atomic E-state index is 0.0516. The number of amides is 1. The van der Waals surface area contributed by atoms with Crippen LogP contribution in [0.3, 0.4) is 0 Å². The molecule has 1 heterocycles. The average Bonchev–Trinajstić information content (AvgIpc) is 2.81. The Bertz CT molecular complexity index is 1200. The third kappa shape index (κ3) is 4.75. The fourth-order valence-electron chi connectivity index (χ4n) is 3.89. The molecule has 3 aromatic carbocycles. The van der Waals surface area contributed by atoms with Crippen LogP contribution in [0, 0.1) is 6.92 Å². The first-order valence-corrected chi connectivity index (χ1v) is 10.5. The number of aryl methyl sites for hydroxylation is 2. The number of ether oxygens (including phenoxy) is 1. The smallest absolute Gasteiger partial charge is 0.220 e. The maximum Gasteiger partial charge on any atom is 0.220 e. The molecule has 0 unspecified atom stereocenters. The van der Waals surface area contributed by atoms with Crippen LogP contribution >= 0.6 is 0 Å². The van der Waals surface area contributed by atoms with Crippen LogP contribution in [0.4, 0.5) is 0 Å². The molecule has 4 rings (SSSR count). The number of rotatable bonds is 7. The number of fused-ring (bicyclic) bond motifs is 1. The molecule has 0 aliphatic carbocycles. The van der Waals surface area contributed by atoms with Crippen molar-refractivity contribution in [1.29, 1.82) is 0 Å². The monoisotopic (exact) mass is 410 g/mol. The SMILES string of the molecule is COc1ccc(-c2ccc(CNC(=O)CCc3ccccc3)c3cnccc23)cc1C. The lowest BCUT2D eigenvalue weighted by Gasteiger charge is -2.13. The molecular weight excluding hydrogens is 384 g/mol. The van der Waals surface area contributed by atoms with Gasteiger partial charge in [-0.3, -0.25) is 9.78 Å². The molecule has 0 aliphatic rings. The Balaban J connectivity index is 1.53. The van der Waals surface area contributed by atoms with Gasteiger partial charge in [0.1, 0.15) is 5.75 Å². The molecule has 0 bridgehead atoms. The molecule has 4 heteroatoms. The minimum Gasteiger partial charge on any atom is -0.496 e. The molecule has 4 aromatic rings. The van der Waals surface area contributed by atoms with Crippen molar-refractivity contribution in [3.05, 3.63) is 95.8 Å². The van der Waals surface area contributed by atoms with Gasteiger partial charge in [0.2, 0.25) is 5.91 Å². The molecule has 31 heavy (non-hydrogen) atoms. The predicted octanol–water partition coefficient (Wildman–Crippen LogP) is 5.47. The molecular formula is C27H26N2O2. The molecule has 0 saturated heterocycles. The van der Waals surface area contributed by atoms with Crippen molar-refractivity contribution < 1.29 is 9.53 Å². The number of hydrogen-bond acceptors (Lipinski definition) is 3. The second-order valence-corrected chi connectivity index (χ2v) is 7.64. The molecule has 1 N–H and O–H groups in total. The van der Waals surface area contributed by atoms with Crippen LogP contribution in [0.2, 0.25) is 0 Å². The number of hydrogen-bond donors (Lipinski definition) is 1. The Hall–Kier alpha value is -3.66. The van der Waals surface area contributed by atoms with E-state index in [0.717, 1.165) is 45.2 Å². The van der Waals surface area contributed by atoms with Crippen LogP contribution in [-0.4, -0.2) is 18.0 Å². The number of benzene rings is 3. The van der Waals surface area contributed by atoms with Gasteiger partial charge in [0.05, 0.1) is 7.11 Å². The normalized spacial score (nSPS) is 10.8. The lowest BCUT2D eigenvalue weighted by molar-refractivity contribution is -0.121. The quantitative estimate of drug-likeness (QED) is 0.440. The van der Waals surface area contributed by atoms with Crippen molar-refractivity contribution in [2.75, 3.05) is 7.11 Å². The van der Waals surface area contributed by atoms with Gasteiger partial charge >= 0.3 is 0 Å². The zero-order valence-electron chi connectivity index (χ0n) is 17.9. The van der Waals surface area contributed by atoms with Crippen LogP contribution < -0.4 is 10.1 Å². The van der Waals surface area contributed by atoms with Crippen molar-refractivity contribution in [2.45, 2.75) is 26.3 Å². The summed E-state index contributed by atoms with van der Waals surface area (Å²) in [6.45, 7) is 2.53. The fraction of sp³-hybridized carbons (Fsp3) is 0.185. The number of methoxy groups -OCH3 is 1. The molecule has 0 saturated carbocycles. The molecule has 0 atom stereocenters. The Kier molecular flexibility index (Phi) is 6.27. The largest absolute Gasteiger partial charge is 0.496 e. The maximum atomic E-state index is 12.4. The van der Waals surface area contributed by atoms with Crippen LogP contribution in [0.5, 0.6) is 5.75 Å². The first-order valence-electron chi connectivity index (χ1n) is 10.5. The van der Waals surface area contributed by atoms with E-state index in [4.69, 9.17) is 4.74 Å². The fourth-order valence-corrected chi connectivity index (χ4v) is 3.89. The van der Waals surface area contributed by atoms with Gasteiger partial charge in [0.15, 0.2) is 0 Å². The van der Waals surface area contributed by atoms with E-state index >= 15 is 0 Å². The Morgan fingerprint density at radius 2 is 1.84 bits per heavy atom. The van der Waals surface area contributed by atoms with Crippen LogP contribution in [0.25, 0.3) is 21.9 Å². The second-order valence-electron chi connectivity index (χ2n) is 7.64. The van der Waals surface area contributed by atoms with Crippen molar-refractivity contribution in [1.82, 2.24) is 10.3 Å². The molecule has 1 amide bonds. The Morgan fingerprint density at radius 1 is 1.00 bits per heavy atom. The molecule has 0 spiro atoms. The van der Waals surface area contributed by atoms with E-state index in [1.807, 2.05) is 61.8 Å². The van der Waals surface area contributed by atoms with Gasteiger partial charge in [-0.2, -0.15) is 0 Å².